The summed E-state index contributed by atoms with van der Waals surface area (Å²) < 4.78 is 0. The first-order valence-corrected chi connectivity index (χ1v) is 21.3. The molecular formula is C60H40ClN5. The Kier molecular flexibility index (Phi) is 16.7. The Hall–Kier alpha value is -9.10. The molecule has 0 aliphatic carbocycles. The molecule has 0 saturated carbocycles. The van der Waals surface area contributed by atoms with Crippen molar-refractivity contribution in [3.05, 3.63) is 281 Å². The molecule has 0 aliphatic rings. The van der Waals surface area contributed by atoms with E-state index in [1.54, 1.807) is 37.2 Å². The van der Waals surface area contributed by atoms with Crippen LogP contribution in [0.15, 0.2) is 225 Å². The zero-order valence-corrected chi connectivity index (χ0v) is 36.7. The van der Waals surface area contributed by atoms with Crippen LogP contribution in [0, 0.1) is 54.3 Å². The van der Waals surface area contributed by atoms with Gasteiger partial charge in [0.05, 0.1) is 11.0 Å². The van der Waals surface area contributed by atoms with Crippen LogP contribution in [0.25, 0.3) is 21.8 Å². The summed E-state index contributed by atoms with van der Waals surface area (Å²) >= 11 is 5.77. The number of fused-ring (bicyclic) bond motifs is 2. The van der Waals surface area contributed by atoms with Crippen molar-refractivity contribution in [3.8, 4) is 47.4 Å². The maximum atomic E-state index is 5.77. The van der Waals surface area contributed by atoms with E-state index in [4.69, 9.17) is 11.6 Å². The molecule has 10 rings (SSSR count). The van der Waals surface area contributed by atoms with Crippen molar-refractivity contribution in [2.24, 2.45) is 0 Å². The number of aryl methyl sites for hydroxylation is 1. The average Bonchev–Trinajstić information content (AvgIpc) is 3.39. The lowest BCUT2D eigenvalue weighted by atomic mass is 10.1. The molecule has 0 spiro atoms. The molecule has 10 aromatic rings. The van der Waals surface area contributed by atoms with Gasteiger partial charge in [0, 0.05) is 98.1 Å². The molecule has 0 N–H and O–H groups in total. The summed E-state index contributed by atoms with van der Waals surface area (Å²) in [5.41, 5.74) is 10.9. The predicted molar refractivity (Wildman–Crippen MR) is 269 cm³/mol. The number of hydrogen-bond donors (Lipinski definition) is 0. The van der Waals surface area contributed by atoms with Gasteiger partial charge < -0.3 is 0 Å². The molecule has 5 heterocycles. The molecule has 6 heteroatoms. The molecule has 0 fully saturated rings. The van der Waals surface area contributed by atoms with Gasteiger partial charge in [-0.25, -0.2) is 4.98 Å². The topological polar surface area (TPSA) is 64.5 Å². The number of hydrogen-bond acceptors (Lipinski definition) is 5. The molecule has 5 aromatic heterocycles. The fourth-order valence-electron chi connectivity index (χ4n) is 6.04. The molecule has 0 atom stereocenters. The van der Waals surface area contributed by atoms with Gasteiger partial charge in [-0.1, -0.05) is 132 Å². The summed E-state index contributed by atoms with van der Waals surface area (Å²) in [5.74, 6) is 25.0. The highest BCUT2D eigenvalue weighted by atomic mass is 35.5. The minimum atomic E-state index is 0.726. The second-order valence-electron chi connectivity index (χ2n) is 14.1. The van der Waals surface area contributed by atoms with Gasteiger partial charge in [0.1, 0.15) is 5.69 Å². The van der Waals surface area contributed by atoms with Crippen molar-refractivity contribution in [2.75, 3.05) is 0 Å². The molecule has 66 heavy (non-hydrogen) atoms. The smallest absolute Gasteiger partial charge is 0.113 e. The van der Waals surface area contributed by atoms with Crippen molar-refractivity contribution in [1.82, 2.24) is 24.9 Å². The first-order chi connectivity index (χ1) is 32.6. The second kappa shape index (κ2) is 24.5. The van der Waals surface area contributed by atoms with Crippen LogP contribution in [0.2, 0.25) is 5.02 Å². The monoisotopic (exact) mass is 865 g/mol. The van der Waals surface area contributed by atoms with E-state index in [9.17, 15) is 0 Å². The molecule has 0 bridgehead atoms. The van der Waals surface area contributed by atoms with Gasteiger partial charge >= 0.3 is 0 Å². The Morgan fingerprint density at radius 3 is 1.32 bits per heavy atom. The van der Waals surface area contributed by atoms with E-state index in [2.05, 4.69) is 91.3 Å². The molecular weight excluding hydrogens is 826 g/mol. The number of rotatable bonds is 0. The SMILES string of the molecule is C(#Cc1ccnc2ccccc12)c1ccccn1.C(#Cc1ccncc1)c1ccccc1.Cc1ccccc1C#Cc1ccnc2ccccc12.Clc1ccc(C#Cc2ccncc2)cc1. The van der Waals surface area contributed by atoms with E-state index in [1.165, 1.54) is 5.56 Å². The van der Waals surface area contributed by atoms with E-state index in [0.29, 0.717) is 0 Å². The van der Waals surface area contributed by atoms with Gasteiger partial charge in [0.2, 0.25) is 0 Å². The standard InChI is InChI=1S/C18H13N.C16H10N2.C13H8ClN.C13H9N/c1-14-6-2-3-7-15(14)10-11-16-12-13-19-18-9-5-4-8-17(16)18;1-2-7-16-15(6-1)13(10-12-18-16)8-9-14-5-3-4-11-17-14;14-13-5-3-11(4-6-13)1-2-12-7-9-15-10-8-12;1-2-4-12(5-3-1)6-7-13-8-10-14-11-9-13/h2-9,12-13H,1H3;1-7,10-12H;3-10H;1-5,8-11H. The Labute approximate surface area is 391 Å². The molecule has 0 amide bonds. The number of aromatic nitrogens is 5. The Morgan fingerprint density at radius 1 is 0.318 bits per heavy atom. The largest absolute Gasteiger partial charge is 0.265 e. The zero-order chi connectivity index (χ0) is 45.4. The Bertz CT molecular complexity index is 3330. The third kappa shape index (κ3) is 14.2. The molecule has 0 radical (unpaired) electrons. The highest BCUT2D eigenvalue weighted by Gasteiger charge is 1.99. The molecule has 5 aromatic carbocycles. The number of nitrogens with zero attached hydrogens (tertiary/aromatic N) is 5. The Morgan fingerprint density at radius 2 is 0.773 bits per heavy atom. The van der Waals surface area contributed by atoms with Crippen LogP contribution >= 0.6 is 11.6 Å². The fourth-order valence-corrected chi connectivity index (χ4v) is 6.17. The molecule has 312 valence electrons. The van der Waals surface area contributed by atoms with Gasteiger partial charge in [-0.2, -0.15) is 0 Å². The first-order valence-electron chi connectivity index (χ1n) is 20.9. The van der Waals surface area contributed by atoms with Crippen LogP contribution in [0.5, 0.6) is 0 Å². The van der Waals surface area contributed by atoms with Crippen molar-refractivity contribution >= 4 is 33.4 Å². The van der Waals surface area contributed by atoms with Crippen LogP contribution in [0.4, 0.5) is 0 Å². The Balaban J connectivity index is 0.000000132. The summed E-state index contributed by atoms with van der Waals surface area (Å²) in [5, 5.41) is 2.90. The van der Waals surface area contributed by atoms with Crippen LogP contribution in [-0.2, 0) is 0 Å². The summed E-state index contributed by atoms with van der Waals surface area (Å²) in [6, 6.07) is 58.8. The maximum Gasteiger partial charge on any atom is 0.113 e. The quantitative estimate of drug-likeness (QED) is 0.142. The van der Waals surface area contributed by atoms with Crippen LogP contribution in [0.3, 0.4) is 0 Å². The third-order valence-corrected chi connectivity index (χ3v) is 9.70. The van der Waals surface area contributed by atoms with Gasteiger partial charge in [-0.3, -0.25) is 19.9 Å². The molecule has 0 aliphatic heterocycles. The molecule has 5 nitrogen and oxygen atoms in total. The molecule has 0 unspecified atom stereocenters. The first kappa shape index (κ1) is 44.9. The van der Waals surface area contributed by atoms with E-state index in [-0.39, 0.29) is 0 Å². The summed E-state index contributed by atoms with van der Waals surface area (Å²) in [4.78, 5) is 20.7. The molecule has 0 saturated heterocycles. The van der Waals surface area contributed by atoms with Gasteiger partial charge in [0.15, 0.2) is 0 Å². The van der Waals surface area contributed by atoms with Gasteiger partial charge in [-0.05, 0) is 122 Å². The minimum absolute atomic E-state index is 0.726. The maximum absolute atomic E-state index is 5.77. The zero-order valence-electron chi connectivity index (χ0n) is 36.0. The summed E-state index contributed by atoms with van der Waals surface area (Å²) in [7, 11) is 0. The van der Waals surface area contributed by atoms with Crippen molar-refractivity contribution in [1.29, 1.82) is 0 Å². The van der Waals surface area contributed by atoms with Gasteiger partial charge in [0.25, 0.3) is 0 Å². The van der Waals surface area contributed by atoms with Crippen LogP contribution < -0.4 is 0 Å². The van der Waals surface area contributed by atoms with E-state index in [0.717, 1.165) is 71.5 Å². The predicted octanol–water partition coefficient (Wildman–Crippen LogP) is 12.6. The lowest BCUT2D eigenvalue weighted by Crippen LogP contribution is -1.84. The lowest BCUT2D eigenvalue weighted by molar-refractivity contribution is 1.29. The van der Waals surface area contributed by atoms with E-state index < -0.39 is 0 Å². The second-order valence-corrected chi connectivity index (χ2v) is 14.6. The number of para-hydroxylation sites is 2. The van der Waals surface area contributed by atoms with Crippen LogP contribution in [-0.4, -0.2) is 24.9 Å². The highest BCUT2D eigenvalue weighted by Crippen LogP contribution is 2.17. The average molecular weight is 866 g/mol. The highest BCUT2D eigenvalue weighted by molar-refractivity contribution is 6.30. The van der Waals surface area contributed by atoms with Gasteiger partial charge in [-0.15, -0.1) is 0 Å². The van der Waals surface area contributed by atoms with Crippen molar-refractivity contribution < 1.29 is 0 Å². The minimum Gasteiger partial charge on any atom is -0.265 e. The van der Waals surface area contributed by atoms with E-state index in [1.807, 2.05) is 176 Å². The third-order valence-electron chi connectivity index (χ3n) is 9.45. The summed E-state index contributed by atoms with van der Waals surface area (Å²) in [6.07, 6.45) is 12.3. The van der Waals surface area contributed by atoms with Crippen molar-refractivity contribution in [3.63, 3.8) is 0 Å². The van der Waals surface area contributed by atoms with Crippen LogP contribution in [0.1, 0.15) is 50.2 Å². The fraction of sp³-hybridized carbons (Fsp3) is 0.0167. The number of halogens is 1. The number of pyridine rings is 5. The van der Waals surface area contributed by atoms with E-state index >= 15 is 0 Å². The lowest BCUT2D eigenvalue weighted by Gasteiger charge is -1.99. The normalized spacial score (nSPS) is 9.48. The number of benzene rings is 5. The van der Waals surface area contributed by atoms with Crippen molar-refractivity contribution in [2.45, 2.75) is 6.92 Å². The summed E-state index contributed by atoms with van der Waals surface area (Å²) in [6.45, 7) is 2.08.